The number of hydrogen-bond acceptors (Lipinski definition) is 3. The number of anilines is 1. The van der Waals surface area contributed by atoms with Gasteiger partial charge in [-0.15, -0.1) is 0 Å². The van der Waals surface area contributed by atoms with E-state index < -0.39 is 0 Å². The maximum Gasteiger partial charge on any atom is 0.172 e. The molecular formula is C15H15BrFNO2. The molecule has 0 radical (unpaired) electrons. The minimum absolute atomic E-state index is 0.0678. The Morgan fingerprint density at radius 1 is 1.35 bits per heavy atom. The third-order valence-corrected chi connectivity index (χ3v) is 3.66. The van der Waals surface area contributed by atoms with Crippen LogP contribution in [0.15, 0.2) is 34.8 Å². The van der Waals surface area contributed by atoms with E-state index in [4.69, 9.17) is 4.74 Å². The van der Waals surface area contributed by atoms with Gasteiger partial charge in [0, 0.05) is 17.8 Å². The van der Waals surface area contributed by atoms with Crippen molar-refractivity contribution in [2.24, 2.45) is 0 Å². The molecule has 3 nitrogen and oxygen atoms in total. The monoisotopic (exact) mass is 339 g/mol. The molecule has 106 valence electrons. The van der Waals surface area contributed by atoms with Crippen LogP contribution in [0.4, 0.5) is 10.1 Å². The smallest absolute Gasteiger partial charge is 0.172 e. The topological polar surface area (TPSA) is 41.5 Å². The minimum atomic E-state index is -0.237. The Hall–Kier alpha value is -1.75. The first-order chi connectivity index (χ1) is 9.52. The number of halogens is 2. The predicted octanol–water partition coefficient (Wildman–Crippen LogP) is 4.22. The van der Waals surface area contributed by atoms with Crippen molar-refractivity contribution in [1.29, 1.82) is 0 Å². The third-order valence-electron chi connectivity index (χ3n) is 3.06. The van der Waals surface area contributed by atoms with Crippen molar-refractivity contribution in [2.75, 3.05) is 12.4 Å². The third kappa shape index (κ3) is 3.04. The Kier molecular flexibility index (Phi) is 4.49. The largest absolute Gasteiger partial charge is 0.503 e. The van der Waals surface area contributed by atoms with E-state index in [-0.39, 0.29) is 11.6 Å². The Bertz CT molecular complexity index is 632. The van der Waals surface area contributed by atoms with E-state index in [1.807, 2.05) is 6.07 Å². The van der Waals surface area contributed by atoms with Crippen molar-refractivity contribution in [3.05, 3.63) is 51.7 Å². The zero-order chi connectivity index (χ0) is 14.7. The highest BCUT2D eigenvalue weighted by molar-refractivity contribution is 9.10. The summed E-state index contributed by atoms with van der Waals surface area (Å²) in [4.78, 5) is 0. The summed E-state index contributed by atoms with van der Waals surface area (Å²) in [5.41, 5.74) is 2.24. The van der Waals surface area contributed by atoms with Crippen molar-refractivity contribution in [3.63, 3.8) is 0 Å². The SMILES string of the molecule is COc1cc(CNc2cccc(F)c2C)cc(Br)c1O. The number of phenolic OH excluding ortho intramolecular Hbond substituents is 1. The fraction of sp³-hybridized carbons (Fsp3) is 0.200. The molecule has 2 N–H and O–H groups in total. The summed E-state index contributed by atoms with van der Waals surface area (Å²) in [7, 11) is 1.50. The molecular weight excluding hydrogens is 325 g/mol. The van der Waals surface area contributed by atoms with E-state index in [1.54, 1.807) is 25.1 Å². The first kappa shape index (κ1) is 14.7. The molecule has 0 unspecified atom stereocenters. The van der Waals surface area contributed by atoms with E-state index in [0.717, 1.165) is 11.3 Å². The molecule has 0 saturated heterocycles. The lowest BCUT2D eigenvalue weighted by molar-refractivity contribution is 0.371. The molecule has 2 rings (SSSR count). The number of hydrogen-bond donors (Lipinski definition) is 2. The first-order valence-electron chi connectivity index (χ1n) is 6.07. The van der Waals surface area contributed by atoms with Gasteiger partial charge in [-0.25, -0.2) is 4.39 Å². The van der Waals surface area contributed by atoms with Gasteiger partial charge in [0.2, 0.25) is 0 Å². The second-order valence-electron chi connectivity index (χ2n) is 4.39. The fourth-order valence-electron chi connectivity index (χ4n) is 1.88. The van der Waals surface area contributed by atoms with E-state index in [0.29, 0.717) is 22.3 Å². The second-order valence-corrected chi connectivity index (χ2v) is 5.25. The first-order valence-corrected chi connectivity index (χ1v) is 6.86. The van der Waals surface area contributed by atoms with Crippen LogP contribution in [-0.4, -0.2) is 12.2 Å². The summed E-state index contributed by atoms with van der Waals surface area (Å²) in [6, 6.07) is 8.45. The van der Waals surface area contributed by atoms with E-state index >= 15 is 0 Å². The maximum atomic E-state index is 13.4. The Balaban J connectivity index is 2.19. The summed E-state index contributed by atoms with van der Waals surface area (Å²) >= 11 is 3.27. The van der Waals surface area contributed by atoms with E-state index in [9.17, 15) is 9.50 Å². The molecule has 0 aliphatic carbocycles. The quantitative estimate of drug-likeness (QED) is 0.876. The predicted molar refractivity (Wildman–Crippen MR) is 80.8 cm³/mol. The lowest BCUT2D eigenvalue weighted by Gasteiger charge is -2.12. The van der Waals surface area contributed by atoms with Crippen molar-refractivity contribution in [2.45, 2.75) is 13.5 Å². The fourth-order valence-corrected chi connectivity index (χ4v) is 2.37. The van der Waals surface area contributed by atoms with Gasteiger partial charge in [0.1, 0.15) is 5.82 Å². The van der Waals surface area contributed by atoms with Crippen molar-refractivity contribution < 1.29 is 14.2 Å². The number of phenols is 1. The zero-order valence-corrected chi connectivity index (χ0v) is 12.8. The van der Waals surface area contributed by atoms with E-state index in [1.165, 1.54) is 13.2 Å². The van der Waals surface area contributed by atoms with Gasteiger partial charge in [0.25, 0.3) is 0 Å². The minimum Gasteiger partial charge on any atom is -0.503 e. The summed E-state index contributed by atoms with van der Waals surface area (Å²) in [6.45, 7) is 2.23. The van der Waals surface area contributed by atoms with Crippen LogP contribution in [0.5, 0.6) is 11.5 Å². The number of aromatic hydroxyl groups is 1. The number of rotatable bonds is 4. The normalized spacial score (nSPS) is 10.4. The standard InChI is InChI=1S/C15H15BrFNO2/c1-9-12(17)4-3-5-13(9)18-8-10-6-11(16)15(19)14(7-10)20-2/h3-7,18-19H,8H2,1-2H3. The molecule has 5 heteroatoms. The molecule has 0 aliphatic heterocycles. The summed E-state index contributed by atoms with van der Waals surface area (Å²) < 4.78 is 19.1. The van der Waals surface area contributed by atoms with Gasteiger partial charge in [-0.1, -0.05) is 6.07 Å². The molecule has 20 heavy (non-hydrogen) atoms. The van der Waals surface area contributed by atoms with Gasteiger partial charge in [-0.2, -0.15) is 0 Å². The number of ether oxygens (including phenoxy) is 1. The molecule has 0 amide bonds. The highest BCUT2D eigenvalue weighted by atomic mass is 79.9. The van der Waals surface area contributed by atoms with Crippen LogP contribution in [-0.2, 0) is 6.54 Å². The van der Waals surface area contributed by atoms with Crippen LogP contribution in [0.1, 0.15) is 11.1 Å². The molecule has 0 saturated carbocycles. The van der Waals surface area contributed by atoms with Crippen molar-refractivity contribution in [1.82, 2.24) is 0 Å². The van der Waals surface area contributed by atoms with Gasteiger partial charge in [0.05, 0.1) is 11.6 Å². The Morgan fingerprint density at radius 3 is 2.80 bits per heavy atom. The lowest BCUT2D eigenvalue weighted by atomic mass is 10.1. The second kappa shape index (κ2) is 6.13. The number of methoxy groups -OCH3 is 1. The van der Waals surface area contributed by atoms with Gasteiger partial charge in [-0.3, -0.25) is 0 Å². The Morgan fingerprint density at radius 2 is 2.10 bits per heavy atom. The highest BCUT2D eigenvalue weighted by Crippen LogP contribution is 2.35. The molecule has 0 spiro atoms. The molecule has 2 aromatic carbocycles. The molecule has 2 aromatic rings. The van der Waals surface area contributed by atoms with Crippen LogP contribution in [0.25, 0.3) is 0 Å². The summed E-state index contributed by atoms with van der Waals surface area (Å²) in [5.74, 6) is 0.227. The molecule has 0 fully saturated rings. The molecule has 0 aromatic heterocycles. The molecule has 0 heterocycles. The van der Waals surface area contributed by atoms with Crippen LogP contribution in [0, 0.1) is 12.7 Å². The van der Waals surface area contributed by atoms with Crippen LogP contribution >= 0.6 is 15.9 Å². The lowest BCUT2D eigenvalue weighted by Crippen LogP contribution is -2.02. The zero-order valence-electron chi connectivity index (χ0n) is 11.2. The van der Waals surface area contributed by atoms with Crippen LogP contribution in [0.2, 0.25) is 0 Å². The molecule has 0 bridgehead atoms. The highest BCUT2D eigenvalue weighted by Gasteiger charge is 2.09. The number of benzene rings is 2. The number of nitrogens with one attached hydrogen (secondary N) is 1. The summed E-state index contributed by atoms with van der Waals surface area (Å²) in [5, 5.41) is 12.9. The van der Waals surface area contributed by atoms with Crippen molar-refractivity contribution in [3.8, 4) is 11.5 Å². The maximum absolute atomic E-state index is 13.4. The van der Waals surface area contributed by atoms with Gasteiger partial charge in [0.15, 0.2) is 11.5 Å². The van der Waals surface area contributed by atoms with Gasteiger partial charge >= 0.3 is 0 Å². The average Bonchev–Trinajstić information content (AvgIpc) is 2.44. The van der Waals surface area contributed by atoms with Crippen LogP contribution in [0.3, 0.4) is 0 Å². The molecule has 0 atom stereocenters. The van der Waals surface area contributed by atoms with Crippen molar-refractivity contribution >= 4 is 21.6 Å². The summed E-state index contributed by atoms with van der Waals surface area (Å²) in [6.07, 6.45) is 0. The van der Waals surface area contributed by atoms with Crippen LogP contribution < -0.4 is 10.1 Å². The molecule has 0 aliphatic rings. The van der Waals surface area contributed by atoms with Gasteiger partial charge in [-0.05, 0) is 52.7 Å². The Labute approximate surface area is 125 Å². The average molecular weight is 340 g/mol. The van der Waals surface area contributed by atoms with E-state index in [2.05, 4.69) is 21.2 Å². The van der Waals surface area contributed by atoms with Gasteiger partial charge < -0.3 is 15.2 Å².